The van der Waals surface area contributed by atoms with Crippen molar-refractivity contribution in [3.8, 4) is 0 Å². The highest BCUT2D eigenvalue weighted by Gasteiger charge is 2.31. The van der Waals surface area contributed by atoms with E-state index in [1.54, 1.807) is 0 Å². The summed E-state index contributed by atoms with van der Waals surface area (Å²) in [5.41, 5.74) is 6.87. The highest BCUT2D eigenvalue weighted by molar-refractivity contribution is 9.10. The number of amides is 1. The van der Waals surface area contributed by atoms with E-state index < -0.39 is 0 Å². The second-order valence-electron chi connectivity index (χ2n) is 5.83. The molecule has 0 radical (unpaired) electrons. The minimum Gasteiger partial charge on any atom is -0.397 e. The maximum Gasteiger partial charge on any atom is 0.266 e. The number of anilines is 1. The van der Waals surface area contributed by atoms with Gasteiger partial charge < -0.3 is 10.6 Å². The van der Waals surface area contributed by atoms with Gasteiger partial charge in [0.05, 0.1) is 5.69 Å². The molecule has 1 aliphatic rings. The number of hydrogen-bond acceptors (Lipinski definition) is 3. The van der Waals surface area contributed by atoms with Crippen LogP contribution in [0, 0.1) is 0 Å². The first-order chi connectivity index (χ1) is 9.99. The number of nitrogens with two attached hydrogens (primary N) is 1. The summed E-state index contributed by atoms with van der Waals surface area (Å²) >= 11 is 4.96. The number of piperidine rings is 1. The van der Waals surface area contributed by atoms with Gasteiger partial charge in [0.15, 0.2) is 0 Å². The second kappa shape index (κ2) is 5.61. The Hall–Kier alpha value is -1.07. The van der Waals surface area contributed by atoms with E-state index in [-0.39, 0.29) is 18.0 Å². The lowest BCUT2D eigenvalue weighted by atomic mass is 9.97. The number of nitrogen functional groups attached to an aromatic ring is 1. The molecule has 5 heteroatoms. The van der Waals surface area contributed by atoms with Gasteiger partial charge >= 0.3 is 0 Å². The number of hydrogen-bond donors (Lipinski definition) is 1. The molecule has 0 saturated carbocycles. The molecule has 1 fully saturated rings. The van der Waals surface area contributed by atoms with Gasteiger partial charge in [0.2, 0.25) is 0 Å². The predicted molar refractivity (Wildman–Crippen MR) is 92.9 cm³/mol. The zero-order valence-corrected chi connectivity index (χ0v) is 14.6. The summed E-state index contributed by atoms with van der Waals surface area (Å²) in [5, 5.41) is 0.968. The van der Waals surface area contributed by atoms with Crippen molar-refractivity contribution in [3.63, 3.8) is 0 Å². The minimum atomic E-state index is 0.0875. The van der Waals surface area contributed by atoms with Crippen LogP contribution in [0.3, 0.4) is 0 Å². The normalized spacial score (nSPS) is 22.7. The van der Waals surface area contributed by atoms with Gasteiger partial charge in [-0.1, -0.05) is 15.9 Å². The van der Waals surface area contributed by atoms with Crippen molar-refractivity contribution in [3.05, 3.63) is 27.5 Å². The highest BCUT2D eigenvalue weighted by atomic mass is 79.9. The number of thiophene rings is 1. The van der Waals surface area contributed by atoms with Crippen molar-refractivity contribution in [2.75, 3.05) is 5.73 Å². The van der Waals surface area contributed by atoms with E-state index in [4.69, 9.17) is 5.73 Å². The molecule has 1 aromatic carbocycles. The standard InChI is InChI=1S/C16H19BrN2OS/c1-9-4-3-5-10(2)19(9)16(20)15-14(18)12-8-11(17)6-7-13(12)21-15/h6-10H,3-5,18H2,1-2H3. The van der Waals surface area contributed by atoms with Crippen LogP contribution in [0.15, 0.2) is 22.7 Å². The Kier molecular flexibility index (Phi) is 3.97. The molecule has 0 bridgehead atoms. The van der Waals surface area contributed by atoms with Crippen molar-refractivity contribution in [2.45, 2.75) is 45.2 Å². The van der Waals surface area contributed by atoms with Crippen LogP contribution in [0.1, 0.15) is 42.8 Å². The van der Waals surface area contributed by atoms with Crippen LogP contribution in [0.2, 0.25) is 0 Å². The summed E-state index contributed by atoms with van der Waals surface area (Å²) in [6.07, 6.45) is 3.35. The van der Waals surface area contributed by atoms with Crippen LogP contribution in [0.25, 0.3) is 10.1 Å². The largest absolute Gasteiger partial charge is 0.397 e. The average Bonchev–Trinajstić information content (AvgIpc) is 2.76. The SMILES string of the molecule is CC1CCCC(C)N1C(=O)c1sc2ccc(Br)cc2c1N. The van der Waals surface area contributed by atoms with Crippen molar-refractivity contribution in [1.82, 2.24) is 4.90 Å². The molecule has 1 aromatic heterocycles. The summed E-state index contributed by atoms with van der Waals surface area (Å²) in [7, 11) is 0. The quantitative estimate of drug-likeness (QED) is 0.798. The van der Waals surface area contributed by atoms with Gasteiger partial charge in [-0.3, -0.25) is 4.79 Å². The van der Waals surface area contributed by atoms with Gasteiger partial charge in [0.1, 0.15) is 4.88 Å². The Balaban J connectivity index is 2.03. The molecule has 2 atom stereocenters. The van der Waals surface area contributed by atoms with E-state index in [0.29, 0.717) is 10.6 Å². The Morgan fingerprint density at radius 2 is 2.00 bits per heavy atom. The summed E-state index contributed by atoms with van der Waals surface area (Å²) in [5.74, 6) is 0.0875. The van der Waals surface area contributed by atoms with Crippen LogP contribution in [-0.2, 0) is 0 Å². The van der Waals surface area contributed by atoms with Crippen LogP contribution < -0.4 is 5.73 Å². The van der Waals surface area contributed by atoms with E-state index in [1.807, 2.05) is 23.1 Å². The summed E-state index contributed by atoms with van der Waals surface area (Å²) in [6.45, 7) is 4.27. The lowest BCUT2D eigenvalue weighted by molar-refractivity contribution is 0.0517. The third-order valence-electron chi connectivity index (χ3n) is 4.31. The number of nitrogens with zero attached hydrogens (tertiary/aromatic N) is 1. The lowest BCUT2D eigenvalue weighted by Crippen LogP contribution is -2.47. The average molecular weight is 367 g/mol. The minimum absolute atomic E-state index is 0.0875. The molecule has 1 aliphatic heterocycles. The molecular weight excluding hydrogens is 348 g/mol. The molecule has 1 saturated heterocycles. The molecule has 2 unspecified atom stereocenters. The van der Waals surface area contributed by atoms with Crippen LogP contribution in [-0.4, -0.2) is 22.9 Å². The molecular formula is C16H19BrN2OS. The van der Waals surface area contributed by atoms with E-state index in [1.165, 1.54) is 17.8 Å². The topological polar surface area (TPSA) is 46.3 Å². The van der Waals surface area contributed by atoms with Crippen LogP contribution in [0.5, 0.6) is 0 Å². The summed E-state index contributed by atoms with van der Waals surface area (Å²) in [4.78, 5) is 15.6. The number of likely N-dealkylation sites (tertiary alicyclic amines) is 1. The molecule has 3 nitrogen and oxygen atoms in total. The van der Waals surface area contributed by atoms with E-state index in [2.05, 4.69) is 29.8 Å². The molecule has 2 N–H and O–H groups in total. The molecule has 2 heterocycles. The fraction of sp³-hybridized carbons (Fsp3) is 0.438. The number of rotatable bonds is 1. The number of carbonyl (C=O) groups excluding carboxylic acids is 1. The van der Waals surface area contributed by atoms with Gasteiger partial charge in [-0.25, -0.2) is 0 Å². The van der Waals surface area contributed by atoms with Crippen molar-refractivity contribution >= 4 is 48.9 Å². The van der Waals surface area contributed by atoms with Crippen LogP contribution in [0.4, 0.5) is 5.69 Å². The zero-order chi connectivity index (χ0) is 15.1. The van der Waals surface area contributed by atoms with Crippen molar-refractivity contribution in [2.24, 2.45) is 0 Å². The first kappa shape index (κ1) is 14.9. The van der Waals surface area contributed by atoms with Gasteiger partial charge in [-0.2, -0.15) is 0 Å². The van der Waals surface area contributed by atoms with E-state index in [9.17, 15) is 4.79 Å². The molecule has 21 heavy (non-hydrogen) atoms. The lowest BCUT2D eigenvalue weighted by Gasteiger charge is -2.38. The van der Waals surface area contributed by atoms with Crippen LogP contribution >= 0.6 is 27.3 Å². The number of fused-ring (bicyclic) bond motifs is 1. The molecule has 0 aliphatic carbocycles. The van der Waals surface area contributed by atoms with Gasteiger partial charge in [-0.15, -0.1) is 11.3 Å². The van der Waals surface area contributed by atoms with Crippen molar-refractivity contribution in [1.29, 1.82) is 0 Å². The smallest absolute Gasteiger partial charge is 0.266 e. The Morgan fingerprint density at radius 1 is 1.33 bits per heavy atom. The maximum absolute atomic E-state index is 12.9. The third kappa shape index (κ3) is 2.57. The fourth-order valence-electron chi connectivity index (χ4n) is 3.19. The first-order valence-corrected chi connectivity index (χ1v) is 8.90. The first-order valence-electron chi connectivity index (χ1n) is 7.29. The summed E-state index contributed by atoms with van der Waals surface area (Å²) < 4.78 is 2.05. The predicted octanol–water partition coefficient (Wildman–Crippen LogP) is 4.65. The van der Waals surface area contributed by atoms with Crippen molar-refractivity contribution < 1.29 is 4.79 Å². The second-order valence-corrected chi connectivity index (χ2v) is 7.79. The molecule has 0 spiro atoms. The number of carbonyl (C=O) groups is 1. The monoisotopic (exact) mass is 366 g/mol. The molecule has 112 valence electrons. The number of benzene rings is 1. The van der Waals surface area contributed by atoms with Gasteiger partial charge in [0.25, 0.3) is 5.91 Å². The van der Waals surface area contributed by atoms with E-state index >= 15 is 0 Å². The molecule has 2 aromatic rings. The maximum atomic E-state index is 12.9. The Bertz CT molecular complexity index is 687. The highest BCUT2D eigenvalue weighted by Crippen LogP contribution is 2.37. The Morgan fingerprint density at radius 3 is 2.67 bits per heavy atom. The Labute approximate surface area is 137 Å². The van der Waals surface area contributed by atoms with E-state index in [0.717, 1.165) is 27.4 Å². The fourth-order valence-corrected chi connectivity index (χ4v) is 4.60. The molecule has 1 amide bonds. The van der Waals surface area contributed by atoms with Gasteiger partial charge in [0, 0.05) is 26.6 Å². The summed E-state index contributed by atoms with van der Waals surface area (Å²) in [6, 6.07) is 6.56. The number of halogens is 1. The van der Waals surface area contributed by atoms with Gasteiger partial charge in [-0.05, 0) is 51.3 Å². The zero-order valence-electron chi connectivity index (χ0n) is 12.2. The third-order valence-corrected chi connectivity index (χ3v) is 5.98. The molecule has 3 rings (SSSR count).